The van der Waals surface area contributed by atoms with Crippen LogP contribution in [0.25, 0.3) is 22.0 Å². The second-order valence-electron chi connectivity index (χ2n) is 11.5. The number of fused-ring (bicyclic) bond motifs is 4. The quantitative estimate of drug-likeness (QED) is 0.342. The van der Waals surface area contributed by atoms with Gasteiger partial charge in [0.1, 0.15) is 17.6 Å². The molecule has 3 aromatic rings. The third-order valence-electron chi connectivity index (χ3n) is 8.52. The first-order valence-corrected chi connectivity index (χ1v) is 13.8. The molecule has 2 aromatic carbocycles. The molecule has 42 heavy (non-hydrogen) atoms. The molecular formula is C31H27ClF2N4O4. The van der Waals surface area contributed by atoms with Crippen LogP contribution in [0.3, 0.4) is 0 Å². The summed E-state index contributed by atoms with van der Waals surface area (Å²) in [6, 6.07) is 5.46. The highest BCUT2D eigenvalue weighted by Crippen LogP contribution is 2.46. The van der Waals surface area contributed by atoms with Gasteiger partial charge in [-0.3, -0.25) is 9.59 Å². The van der Waals surface area contributed by atoms with Crippen molar-refractivity contribution < 1.29 is 28.3 Å². The Morgan fingerprint density at radius 2 is 2.00 bits per heavy atom. The maximum atomic E-state index is 14.4. The Morgan fingerprint density at radius 3 is 2.69 bits per heavy atom. The number of hydrogen-bond acceptors (Lipinski definition) is 4. The topological polar surface area (TPSA) is 129 Å². The van der Waals surface area contributed by atoms with E-state index in [9.17, 15) is 28.3 Å². The number of aliphatic imine (C=N–C) groups is 1. The van der Waals surface area contributed by atoms with Gasteiger partial charge in [-0.15, -0.1) is 0 Å². The maximum absolute atomic E-state index is 14.4. The van der Waals surface area contributed by atoms with Crippen molar-refractivity contribution in [3.63, 3.8) is 0 Å². The van der Waals surface area contributed by atoms with E-state index < -0.39 is 46.7 Å². The molecular weight excluding hydrogens is 566 g/mol. The highest BCUT2D eigenvalue weighted by molar-refractivity contribution is 6.36. The Labute approximate surface area is 244 Å². The molecule has 1 unspecified atom stereocenters. The highest BCUT2D eigenvalue weighted by Gasteiger charge is 2.42. The molecule has 0 fully saturated rings. The van der Waals surface area contributed by atoms with Crippen molar-refractivity contribution in [1.82, 2.24) is 4.98 Å². The lowest BCUT2D eigenvalue weighted by Crippen LogP contribution is -2.47. The highest BCUT2D eigenvalue weighted by atomic mass is 35.5. The predicted octanol–water partition coefficient (Wildman–Crippen LogP) is 6.02. The Morgan fingerprint density at radius 1 is 1.26 bits per heavy atom. The van der Waals surface area contributed by atoms with Crippen LogP contribution in [0, 0.1) is 18.8 Å². The van der Waals surface area contributed by atoms with Crippen LogP contribution < -0.4 is 10.6 Å². The molecule has 11 heteroatoms. The van der Waals surface area contributed by atoms with Crippen molar-refractivity contribution in [3.05, 3.63) is 75.5 Å². The van der Waals surface area contributed by atoms with Crippen molar-refractivity contribution >= 4 is 51.7 Å². The standard InChI is InChI=1S/C31H27ClF2N4O4/c1-13-16(5-4-6-23(13)38-29(40)19-10-15(33)11-21(34)26(19)37-30(38)41)24-20(32)12-18(28(35)39)27-25(24)17-8-7-14(31(2,3)42)9-22(17)36-27/h4-6,10-12,14,19,36,42H,7-9H2,1-3H3,(H2,35,39)/t14-,19?/m0/s1. The minimum Gasteiger partial charge on any atom is -0.390 e. The van der Waals surface area contributed by atoms with Gasteiger partial charge in [-0.25, -0.2) is 18.5 Å². The average Bonchev–Trinajstić information content (AvgIpc) is 3.28. The van der Waals surface area contributed by atoms with E-state index in [0.717, 1.165) is 22.2 Å². The zero-order valence-corrected chi connectivity index (χ0v) is 23.8. The summed E-state index contributed by atoms with van der Waals surface area (Å²) >= 11 is 6.85. The number of benzene rings is 2. The number of primary amides is 1. The number of aromatic amines is 1. The van der Waals surface area contributed by atoms with Gasteiger partial charge in [0.25, 0.3) is 5.91 Å². The molecule has 1 aromatic heterocycles. The Bertz CT molecular complexity index is 1830. The number of urea groups is 1. The average molecular weight is 593 g/mol. The Balaban J connectivity index is 1.54. The van der Waals surface area contributed by atoms with E-state index in [-0.39, 0.29) is 22.2 Å². The van der Waals surface area contributed by atoms with Gasteiger partial charge in [-0.2, -0.15) is 4.99 Å². The van der Waals surface area contributed by atoms with Gasteiger partial charge in [0.2, 0.25) is 5.91 Å². The normalized spacial score (nSPS) is 20.6. The minimum absolute atomic E-state index is 0.0148. The lowest BCUT2D eigenvalue weighted by Gasteiger charge is -2.32. The molecule has 4 amide bonds. The molecule has 216 valence electrons. The third-order valence-corrected chi connectivity index (χ3v) is 8.82. The molecule has 0 saturated heterocycles. The number of hydrogen-bond donors (Lipinski definition) is 3. The summed E-state index contributed by atoms with van der Waals surface area (Å²) in [4.78, 5) is 46.9. The first kappa shape index (κ1) is 28.0. The van der Waals surface area contributed by atoms with Gasteiger partial charge < -0.3 is 15.8 Å². The van der Waals surface area contributed by atoms with E-state index in [1.165, 1.54) is 6.07 Å². The number of imide groups is 1. The van der Waals surface area contributed by atoms with Crippen LogP contribution in [0.15, 0.2) is 53.1 Å². The van der Waals surface area contributed by atoms with E-state index in [0.29, 0.717) is 52.9 Å². The SMILES string of the molecule is Cc1c(-c2c(Cl)cc(C(N)=O)c3[nH]c4c(c23)CC[C@H](C(C)(C)O)C4)cccc1N1C(=O)N=C2C(F)=CC(F)=CC2C1=O. The van der Waals surface area contributed by atoms with Crippen LogP contribution in [-0.4, -0.2) is 39.2 Å². The number of aromatic nitrogens is 1. The van der Waals surface area contributed by atoms with E-state index in [1.807, 2.05) is 0 Å². The van der Waals surface area contributed by atoms with Crippen LogP contribution in [0.2, 0.25) is 5.02 Å². The van der Waals surface area contributed by atoms with Crippen molar-refractivity contribution in [2.75, 3.05) is 4.90 Å². The van der Waals surface area contributed by atoms with Crippen molar-refractivity contribution in [1.29, 1.82) is 0 Å². The summed E-state index contributed by atoms with van der Waals surface area (Å²) in [6.45, 7) is 5.25. The fraction of sp³-hybridized carbons (Fsp3) is 0.290. The summed E-state index contributed by atoms with van der Waals surface area (Å²) in [5.41, 5.74) is 8.77. The number of halogens is 3. The van der Waals surface area contributed by atoms with Gasteiger partial charge in [-0.1, -0.05) is 23.7 Å². The lowest BCUT2D eigenvalue weighted by molar-refractivity contribution is -0.118. The van der Waals surface area contributed by atoms with Gasteiger partial charge in [0, 0.05) is 27.7 Å². The third kappa shape index (κ3) is 4.28. The van der Waals surface area contributed by atoms with Crippen LogP contribution in [0.5, 0.6) is 0 Å². The molecule has 0 radical (unpaired) electrons. The number of amides is 4. The molecule has 6 rings (SSSR count). The minimum atomic E-state index is -1.39. The number of rotatable bonds is 4. The maximum Gasteiger partial charge on any atom is 0.355 e. The van der Waals surface area contributed by atoms with E-state index in [4.69, 9.17) is 17.3 Å². The summed E-state index contributed by atoms with van der Waals surface area (Å²) in [5.74, 6) is -4.90. The number of nitrogens with two attached hydrogens (primary N) is 1. The summed E-state index contributed by atoms with van der Waals surface area (Å²) < 4.78 is 28.4. The fourth-order valence-electron chi connectivity index (χ4n) is 6.32. The van der Waals surface area contributed by atoms with Crippen LogP contribution in [-0.2, 0) is 17.6 Å². The van der Waals surface area contributed by atoms with Gasteiger partial charge in [-0.05, 0) is 80.9 Å². The molecule has 0 bridgehead atoms. The summed E-state index contributed by atoms with van der Waals surface area (Å²) in [7, 11) is 0. The van der Waals surface area contributed by atoms with Crippen LogP contribution in [0.4, 0.5) is 19.3 Å². The Hall–Kier alpha value is -4.15. The fourth-order valence-corrected chi connectivity index (χ4v) is 6.63. The van der Waals surface area contributed by atoms with E-state index in [2.05, 4.69) is 9.98 Å². The van der Waals surface area contributed by atoms with Crippen LogP contribution >= 0.6 is 11.6 Å². The van der Waals surface area contributed by atoms with Gasteiger partial charge >= 0.3 is 6.03 Å². The lowest BCUT2D eigenvalue weighted by atomic mass is 9.77. The number of allylic oxidation sites excluding steroid dienone is 3. The number of carbonyl (C=O) groups is 3. The van der Waals surface area contributed by atoms with Crippen molar-refractivity contribution in [3.8, 4) is 11.1 Å². The summed E-state index contributed by atoms with van der Waals surface area (Å²) in [6.07, 6.45) is 3.37. The van der Waals surface area contributed by atoms with Crippen LogP contribution in [0.1, 0.15) is 47.4 Å². The van der Waals surface area contributed by atoms with Crippen molar-refractivity contribution in [2.24, 2.45) is 22.6 Å². The second-order valence-corrected chi connectivity index (χ2v) is 11.9. The number of aryl methyl sites for hydroxylation is 1. The number of nitrogens with one attached hydrogen (secondary N) is 1. The zero-order valence-electron chi connectivity index (χ0n) is 23.0. The molecule has 1 aliphatic heterocycles. The van der Waals surface area contributed by atoms with Gasteiger partial charge in [0.15, 0.2) is 0 Å². The molecule has 2 heterocycles. The molecule has 3 aliphatic rings. The van der Waals surface area contributed by atoms with E-state index in [1.54, 1.807) is 39.0 Å². The Kier molecular flexibility index (Phi) is 6.47. The molecule has 0 spiro atoms. The zero-order chi connectivity index (χ0) is 30.2. The van der Waals surface area contributed by atoms with Crippen molar-refractivity contribution in [2.45, 2.75) is 45.6 Å². The first-order chi connectivity index (χ1) is 19.8. The largest absolute Gasteiger partial charge is 0.390 e. The molecule has 2 atom stereocenters. The number of aliphatic hydroxyl groups is 1. The summed E-state index contributed by atoms with van der Waals surface area (Å²) in [5, 5.41) is 11.6. The second kappa shape index (κ2) is 9.71. The van der Waals surface area contributed by atoms with E-state index >= 15 is 0 Å². The molecule has 4 N–H and O–H groups in total. The predicted molar refractivity (Wildman–Crippen MR) is 156 cm³/mol. The number of H-pyrrole nitrogens is 1. The molecule has 0 saturated carbocycles. The number of nitrogens with zero attached hydrogens (tertiary/aromatic N) is 2. The molecule has 2 aliphatic carbocycles. The first-order valence-electron chi connectivity index (χ1n) is 13.5. The molecule has 8 nitrogen and oxygen atoms in total. The smallest absolute Gasteiger partial charge is 0.355 e. The number of anilines is 1. The monoisotopic (exact) mass is 592 g/mol. The van der Waals surface area contributed by atoms with Gasteiger partial charge in [0.05, 0.1) is 28.1 Å². The number of carbonyl (C=O) groups excluding carboxylic acids is 3.